The van der Waals surface area contributed by atoms with E-state index in [4.69, 9.17) is 14.6 Å². The molecule has 0 spiro atoms. The maximum atomic E-state index is 11.7. The second kappa shape index (κ2) is 8.60. The fourth-order valence-electron chi connectivity index (χ4n) is 3.56. The SMILES string of the molecule is C[C@H](Nc1ncnc(N2CCN(Cc3ccc4c(c3)OCO4)CC2)c1[N+](=O)[O-])C(=O)O. The van der Waals surface area contributed by atoms with E-state index in [-0.39, 0.29) is 24.1 Å². The van der Waals surface area contributed by atoms with Gasteiger partial charge in [0.05, 0.1) is 4.92 Å². The van der Waals surface area contributed by atoms with Crippen LogP contribution in [0.5, 0.6) is 11.5 Å². The molecule has 2 aliphatic heterocycles. The monoisotopic (exact) mass is 430 g/mol. The van der Waals surface area contributed by atoms with E-state index in [2.05, 4.69) is 20.2 Å². The van der Waals surface area contributed by atoms with Crippen LogP contribution in [-0.4, -0.2) is 69.9 Å². The second-order valence-corrected chi connectivity index (χ2v) is 7.31. The number of carboxylic acids is 1. The number of ether oxygens (including phenoxy) is 2. The number of rotatable bonds is 7. The molecule has 4 rings (SSSR count). The van der Waals surface area contributed by atoms with Crippen molar-refractivity contribution in [1.82, 2.24) is 14.9 Å². The number of hydrogen-bond donors (Lipinski definition) is 2. The summed E-state index contributed by atoms with van der Waals surface area (Å²) >= 11 is 0. The molecule has 0 bridgehead atoms. The fourth-order valence-corrected chi connectivity index (χ4v) is 3.56. The Kier molecular flexibility index (Phi) is 5.71. The number of piperazine rings is 1. The van der Waals surface area contributed by atoms with Crippen molar-refractivity contribution >= 4 is 23.3 Å². The van der Waals surface area contributed by atoms with Gasteiger partial charge in [-0.25, -0.2) is 9.97 Å². The molecule has 2 aromatic rings. The van der Waals surface area contributed by atoms with E-state index in [0.29, 0.717) is 26.2 Å². The topological polar surface area (TPSA) is 143 Å². The Hall–Kier alpha value is -3.67. The Morgan fingerprint density at radius 3 is 2.71 bits per heavy atom. The summed E-state index contributed by atoms with van der Waals surface area (Å²) in [6.45, 7) is 4.79. The number of aromatic nitrogens is 2. The average molecular weight is 430 g/mol. The zero-order valence-electron chi connectivity index (χ0n) is 16.9. The average Bonchev–Trinajstić information content (AvgIpc) is 3.22. The minimum absolute atomic E-state index is 0.104. The van der Waals surface area contributed by atoms with E-state index < -0.39 is 16.9 Å². The summed E-state index contributed by atoms with van der Waals surface area (Å²) < 4.78 is 10.8. The molecule has 0 aliphatic carbocycles. The van der Waals surface area contributed by atoms with Crippen molar-refractivity contribution in [3.63, 3.8) is 0 Å². The molecule has 12 nitrogen and oxygen atoms in total. The molecular weight excluding hydrogens is 408 g/mol. The van der Waals surface area contributed by atoms with Crippen LogP contribution in [0.25, 0.3) is 0 Å². The molecule has 12 heteroatoms. The van der Waals surface area contributed by atoms with Crippen molar-refractivity contribution < 1.29 is 24.3 Å². The molecule has 1 aromatic heterocycles. The smallest absolute Gasteiger partial charge is 0.353 e. The van der Waals surface area contributed by atoms with Gasteiger partial charge in [-0.2, -0.15) is 0 Å². The summed E-state index contributed by atoms with van der Waals surface area (Å²) in [6.07, 6.45) is 1.21. The molecule has 2 N–H and O–H groups in total. The highest BCUT2D eigenvalue weighted by molar-refractivity contribution is 5.79. The van der Waals surface area contributed by atoms with Crippen molar-refractivity contribution in [2.45, 2.75) is 19.5 Å². The van der Waals surface area contributed by atoms with Gasteiger partial charge in [0, 0.05) is 32.7 Å². The maximum Gasteiger partial charge on any atom is 0.353 e. The quantitative estimate of drug-likeness (QED) is 0.485. The maximum absolute atomic E-state index is 11.7. The highest BCUT2D eigenvalue weighted by Crippen LogP contribution is 2.34. The van der Waals surface area contributed by atoms with E-state index in [1.54, 1.807) is 0 Å². The Balaban J connectivity index is 1.44. The fraction of sp³-hybridized carbons (Fsp3) is 0.421. The van der Waals surface area contributed by atoms with Crippen LogP contribution in [0, 0.1) is 10.1 Å². The molecule has 1 aromatic carbocycles. The molecule has 2 aliphatic rings. The zero-order chi connectivity index (χ0) is 22.0. The number of carboxylic acid groups (broad SMARTS) is 1. The lowest BCUT2D eigenvalue weighted by molar-refractivity contribution is -0.383. The number of hydrogen-bond acceptors (Lipinski definition) is 10. The van der Waals surface area contributed by atoms with Gasteiger partial charge in [-0.05, 0) is 24.6 Å². The predicted octanol–water partition coefficient (Wildman–Crippen LogP) is 1.32. The van der Waals surface area contributed by atoms with Gasteiger partial charge in [0.1, 0.15) is 12.4 Å². The number of nitrogens with one attached hydrogen (secondary N) is 1. The summed E-state index contributed by atoms with van der Waals surface area (Å²) in [5, 5.41) is 23.4. The molecule has 31 heavy (non-hydrogen) atoms. The summed E-state index contributed by atoms with van der Waals surface area (Å²) in [5.41, 5.74) is 0.777. The molecule has 0 unspecified atom stereocenters. The first-order valence-corrected chi connectivity index (χ1v) is 9.77. The first-order chi connectivity index (χ1) is 14.9. The van der Waals surface area contributed by atoms with Crippen LogP contribution in [0.4, 0.5) is 17.3 Å². The zero-order valence-corrected chi connectivity index (χ0v) is 16.9. The van der Waals surface area contributed by atoms with Crippen molar-refractivity contribution in [3.8, 4) is 11.5 Å². The van der Waals surface area contributed by atoms with Gasteiger partial charge in [0.25, 0.3) is 0 Å². The van der Waals surface area contributed by atoms with E-state index in [1.807, 2.05) is 23.1 Å². The summed E-state index contributed by atoms with van der Waals surface area (Å²) in [5.74, 6) is 0.428. The molecule has 1 saturated heterocycles. The van der Waals surface area contributed by atoms with Crippen molar-refractivity contribution in [2.24, 2.45) is 0 Å². The Bertz CT molecular complexity index is 994. The molecule has 0 amide bonds. The van der Waals surface area contributed by atoms with Gasteiger partial charge in [0.2, 0.25) is 18.4 Å². The van der Waals surface area contributed by atoms with E-state index in [9.17, 15) is 14.9 Å². The van der Waals surface area contributed by atoms with Crippen LogP contribution < -0.4 is 19.7 Å². The minimum Gasteiger partial charge on any atom is -0.480 e. The highest BCUT2D eigenvalue weighted by Gasteiger charge is 2.30. The summed E-state index contributed by atoms with van der Waals surface area (Å²) in [7, 11) is 0. The highest BCUT2D eigenvalue weighted by atomic mass is 16.7. The van der Waals surface area contributed by atoms with Crippen LogP contribution >= 0.6 is 0 Å². The molecule has 1 atom stereocenters. The van der Waals surface area contributed by atoms with Gasteiger partial charge >= 0.3 is 11.7 Å². The first kappa shape index (κ1) is 20.6. The lowest BCUT2D eigenvalue weighted by atomic mass is 10.1. The second-order valence-electron chi connectivity index (χ2n) is 7.31. The molecule has 0 radical (unpaired) electrons. The molecule has 164 valence electrons. The number of carbonyl (C=O) groups is 1. The number of nitrogens with zero attached hydrogens (tertiary/aromatic N) is 5. The lowest BCUT2D eigenvalue weighted by Gasteiger charge is -2.35. The number of fused-ring (bicyclic) bond motifs is 1. The number of aliphatic carboxylic acids is 1. The van der Waals surface area contributed by atoms with E-state index in [0.717, 1.165) is 23.6 Å². The van der Waals surface area contributed by atoms with Gasteiger partial charge < -0.3 is 24.8 Å². The predicted molar refractivity (Wildman–Crippen MR) is 109 cm³/mol. The minimum atomic E-state index is -1.13. The lowest BCUT2D eigenvalue weighted by Crippen LogP contribution is -2.46. The molecule has 3 heterocycles. The first-order valence-electron chi connectivity index (χ1n) is 9.77. The van der Waals surface area contributed by atoms with Crippen LogP contribution in [0.1, 0.15) is 12.5 Å². The molecule has 0 saturated carbocycles. The molecule has 1 fully saturated rings. The Morgan fingerprint density at radius 2 is 2.00 bits per heavy atom. The third-order valence-corrected chi connectivity index (χ3v) is 5.22. The third-order valence-electron chi connectivity index (χ3n) is 5.22. The Morgan fingerprint density at radius 1 is 1.26 bits per heavy atom. The number of nitro groups is 1. The normalized spacial score (nSPS) is 16.7. The number of anilines is 2. The van der Waals surface area contributed by atoms with Crippen molar-refractivity contribution in [3.05, 3.63) is 40.2 Å². The van der Waals surface area contributed by atoms with Gasteiger partial charge in [0.15, 0.2) is 11.5 Å². The van der Waals surface area contributed by atoms with Crippen molar-refractivity contribution in [2.75, 3.05) is 43.2 Å². The Labute approximate surface area is 177 Å². The van der Waals surface area contributed by atoms with Crippen LogP contribution in [0.2, 0.25) is 0 Å². The van der Waals surface area contributed by atoms with Crippen LogP contribution in [-0.2, 0) is 11.3 Å². The van der Waals surface area contributed by atoms with Crippen LogP contribution in [0.3, 0.4) is 0 Å². The van der Waals surface area contributed by atoms with E-state index in [1.165, 1.54) is 13.3 Å². The molecular formula is C19H22N6O6. The van der Waals surface area contributed by atoms with Gasteiger partial charge in [-0.15, -0.1) is 0 Å². The number of benzene rings is 1. The standard InChI is InChI=1S/C19H22N6O6/c1-12(19(26)27)22-17-16(25(28)29)18(21-10-20-17)24-6-4-23(5-7-24)9-13-2-3-14-15(8-13)31-11-30-14/h2-3,8,10,12H,4-7,9,11H2,1H3,(H,26,27)(H,20,21,22)/t12-/m0/s1. The van der Waals surface area contributed by atoms with Gasteiger partial charge in [-0.3, -0.25) is 19.8 Å². The van der Waals surface area contributed by atoms with Gasteiger partial charge in [-0.1, -0.05) is 6.07 Å². The van der Waals surface area contributed by atoms with E-state index >= 15 is 0 Å². The summed E-state index contributed by atoms with van der Waals surface area (Å²) in [4.78, 5) is 34.3. The summed E-state index contributed by atoms with van der Waals surface area (Å²) in [6, 6.07) is 4.83. The van der Waals surface area contributed by atoms with Crippen LogP contribution in [0.15, 0.2) is 24.5 Å². The van der Waals surface area contributed by atoms with Crippen molar-refractivity contribution in [1.29, 1.82) is 0 Å². The third kappa shape index (κ3) is 4.43. The largest absolute Gasteiger partial charge is 0.480 e.